The summed E-state index contributed by atoms with van der Waals surface area (Å²) in [5.74, 6) is 1.46. The second kappa shape index (κ2) is 9.74. The summed E-state index contributed by atoms with van der Waals surface area (Å²) in [5.41, 5.74) is 2.64. The molecule has 0 aromatic heterocycles. The zero-order chi connectivity index (χ0) is 22.6. The van der Waals surface area contributed by atoms with Gasteiger partial charge in [0.1, 0.15) is 23.2 Å². The molecule has 0 aliphatic carbocycles. The Bertz CT molecular complexity index is 1030. The maximum atomic E-state index is 11.8. The van der Waals surface area contributed by atoms with Gasteiger partial charge in [0.2, 0.25) is 0 Å². The van der Waals surface area contributed by atoms with Crippen molar-refractivity contribution in [1.82, 2.24) is 4.90 Å². The third kappa shape index (κ3) is 4.65. The van der Waals surface area contributed by atoms with Crippen molar-refractivity contribution in [2.24, 2.45) is 0 Å². The second-order valence-corrected chi connectivity index (χ2v) is 8.34. The third-order valence-corrected chi connectivity index (χ3v) is 6.20. The zero-order valence-corrected chi connectivity index (χ0v) is 19.0. The SMILES string of the molecule is COc1ccc(OC)c(-c2ccccc2C(C)(O)C2CN(Cc3ccccc3)CCO2)c1. The van der Waals surface area contributed by atoms with Crippen molar-refractivity contribution in [2.45, 2.75) is 25.2 Å². The Labute approximate surface area is 190 Å². The molecule has 0 amide bonds. The van der Waals surface area contributed by atoms with Crippen LogP contribution in [-0.4, -0.2) is 50.0 Å². The lowest BCUT2D eigenvalue weighted by molar-refractivity contribution is -0.141. The van der Waals surface area contributed by atoms with E-state index in [1.54, 1.807) is 14.2 Å². The standard InChI is InChI=1S/C27H31NO4/c1-27(29,26-19-28(15-16-32-26)18-20-9-5-4-6-10-20)24-12-8-7-11-22(24)23-17-21(30-2)13-14-25(23)31-3/h4-14,17,26,29H,15-16,18-19H2,1-3H3. The van der Waals surface area contributed by atoms with Crippen LogP contribution >= 0.6 is 0 Å². The van der Waals surface area contributed by atoms with E-state index in [0.717, 1.165) is 41.3 Å². The van der Waals surface area contributed by atoms with E-state index in [2.05, 4.69) is 29.2 Å². The Morgan fingerprint density at radius 3 is 2.47 bits per heavy atom. The summed E-state index contributed by atoms with van der Waals surface area (Å²) in [4.78, 5) is 2.34. The summed E-state index contributed by atoms with van der Waals surface area (Å²) in [6.07, 6.45) is -0.363. The quantitative estimate of drug-likeness (QED) is 0.595. The van der Waals surface area contributed by atoms with E-state index in [1.807, 2.05) is 55.5 Å². The van der Waals surface area contributed by atoms with Gasteiger partial charge in [-0.1, -0.05) is 54.6 Å². The summed E-state index contributed by atoms with van der Waals surface area (Å²) in [7, 11) is 3.29. The molecule has 2 atom stereocenters. The van der Waals surface area contributed by atoms with Crippen molar-refractivity contribution in [1.29, 1.82) is 0 Å². The van der Waals surface area contributed by atoms with Crippen LogP contribution in [0.1, 0.15) is 18.1 Å². The molecule has 2 unspecified atom stereocenters. The molecule has 0 bridgehead atoms. The Kier molecular flexibility index (Phi) is 6.80. The monoisotopic (exact) mass is 433 g/mol. The van der Waals surface area contributed by atoms with E-state index in [1.165, 1.54) is 5.56 Å². The first-order valence-corrected chi connectivity index (χ1v) is 10.9. The number of morpholine rings is 1. The van der Waals surface area contributed by atoms with E-state index in [0.29, 0.717) is 13.2 Å². The molecule has 5 heteroatoms. The van der Waals surface area contributed by atoms with Gasteiger partial charge in [-0.05, 0) is 41.8 Å². The molecular formula is C27H31NO4. The molecule has 1 heterocycles. The highest BCUT2D eigenvalue weighted by molar-refractivity contribution is 5.75. The molecule has 3 aromatic carbocycles. The third-order valence-electron chi connectivity index (χ3n) is 6.20. The van der Waals surface area contributed by atoms with Crippen molar-refractivity contribution >= 4 is 0 Å². The van der Waals surface area contributed by atoms with Crippen LogP contribution in [-0.2, 0) is 16.9 Å². The largest absolute Gasteiger partial charge is 0.497 e. The molecular weight excluding hydrogens is 402 g/mol. The minimum Gasteiger partial charge on any atom is -0.497 e. The van der Waals surface area contributed by atoms with Crippen LogP contribution < -0.4 is 9.47 Å². The molecule has 1 aliphatic heterocycles. The fourth-order valence-electron chi connectivity index (χ4n) is 4.39. The normalized spacial score (nSPS) is 18.7. The maximum Gasteiger partial charge on any atom is 0.126 e. The molecule has 0 radical (unpaired) electrons. The zero-order valence-electron chi connectivity index (χ0n) is 19.0. The average molecular weight is 434 g/mol. The molecule has 32 heavy (non-hydrogen) atoms. The Hall–Kier alpha value is -2.86. The Morgan fingerprint density at radius 2 is 1.72 bits per heavy atom. The van der Waals surface area contributed by atoms with Crippen LogP contribution in [0.25, 0.3) is 11.1 Å². The van der Waals surface area contributed by atoms with Crippen LogP contribution in [0, 0.1) is 0 Å². The van der Waals surface area contributed by atoms with Crippen LogP contribution in [0.4, 0.5) is 0 Å². The van der Waals surface area contributed by atoms with Crippen molar-refractivity contribution in [3.8, 4) is 22.6 Å². The van der Waals surface area contributed by atoms with E-state index in [9.17, 15) is 5.11 Å². The van der Waals surface area contributed by atoms with Crippen LogP contribution in [0.3, 0.4) is 0 Å². The molecule has 1 saturated heterocycles. The number of hydrogen-bond acceptors (Lipinski definition) is 5. The van der Waals surface area contributed by atoms with Gasteiger partial charge in [-0.15, -0.1) is 0 Å². The Balaban J connectivity index is 1.65. The number of nitrogens with zero attached hydrogens (tertiary/aromatic N) is 1. The number of ether oxygens (including phenoxy) is 3. The Morgan fingerprint density at radius 1 is 0.969 bits per heavy atom. The molecule has 3 aromatic rings. The van der Waals surface area contributed by atoms with E-state index >= 15 is 0 Å². The summed E-state index contributed by atoms with van der Waals surface area (Å²) < 4.78 is 17.2. The van der Waals surface area contributed by atoms with Gasteiger partial charge in [0.25, 0.3) is 0 Å². The topological polar surface area (TPSA) is 51.2 Å². The van der Waals surface area contributed by atoms with Gasteiger partial charge in [-0.2, -0.15) is 0 Å². The highest BCUT2D eigenvalue weighted by Gasteiger charge is 2.39. The van der Waals surface area contributed by atoms with Crippen molar-refractivity contribution < 1.29 is 19.3 Å². The van der Waals surface area contributed by atoms with E-state index < -0.39 is 5.60 Å². The van der Waals surface area contributed by atoms with Gasteiger partial charge in [0.05, 0.1) is 20.8 Å². The van der Waals surface area contributed by atoms with E-state index in [4.69, 9.17) is 14.2 Å². The molecule has 0 spiro atoms. The van der Waals surface area contributed by atoms with Gasteiger partial charge in [0.15, 0.2) is 0 Å². The first-order chi connectivity index (χ1) is 15.5. The summed E-state index contributed by atoms with van der Waals surface area (Å²) >= 11 is 0. The number of hydrogen-bond donors (Lipinski definition) is 1. The average Bonchev–Trinajstić information content (AvgIpc) is 2.84. The van der Waals surface area contributed by atoms with Gasteiger partial charge < -0.3 is 19.3 Å². The minimum atomic E-state index is -1.19. The highest BCUT2D eigenvalue weighted by Crippen LogP contribution is 2.41. The predicted octanol–water partition coefficient (Wildman–Crippen LogP) is 4.48. The summed E-state index contributed by atoms with van der Waals surface area (Å²) in [6.45, 7) is 4.74. The lowest BCUT2D eigenvalue weighted by Gasteiger charge is -2.41. The maximum absolute atomic E-state index is 11.8. The first-order valence-electron chi connectivity index (χ1n) is 10.9. The predicted molar refractivity (Wildman–Crippen MR) is 126 cm³/mol. The summed E-state index contributed by atoms with van der Waals surface area (Å²) in [5, 5.41) is 11.8. The van der Waals surface area contributed by atoms with Crippen LogP contribution in [0.15, 0.2) is 72.8 Å². The number of methoxy groups -OCH3 is 2. The lowest BCUT2D eigenvalue weighted by Crippen LogP contribution is -2.51. The highest BCUT2D eigenvalue weighted by atomic mass is 16.5. The number of rotatable bonds is 7. The molecule has 0 saturated carbocycles. The van der Waals surface area contributed by atoms with Crippen molar-refractivity contribution in [3.05, 3.63) is 83.9 Å². The van der Waals surface area contributed by atoms with Crippen molar-refractivity contribution in [3.63, 3.8) is 0 Å². The fraction of sp³-hybridized carbons (Fsp3) is 0.333. The van der Waals surface area contributed by atoms with Gasteiger partial charge in [-0.25, -0.2) is 0 Å². The number of benzene rings is 3. The number of aliphatic hydroxyl groups is 1. The van der Waals surface area contributed by atoms with Gasteiger partial charge in [0, 0.05) is 25.2 Å². The summed E-state index contributed by atoms with van der Waals surface area (Å²) in [6, 6.07) is 24.0. The fourth-order valence-corrected chi connectivity index (χ4v) is 4.39. The van der Waals surface area contributed by atoms with Crippen LogP contribution in [0.5, 0.6) is 11.5 Å². The smallest absolute Gasteiger partial charge is 0.126 e. The molecule has 168 valence electrons. The minimum absolute atomic E-state index is 0.363. The van der Waals surface area contributed by atoms with Gasteiger partial charge >= 0.3 is 0 Å². The second-order valence-electron chi connectivity index (χ2n) is 8.34. The molecule has 1 fully saturated rings. The molecule has 1 aliphatic rings. The molecule has 4 rings (SSSR count). The molecule has 5 nitrogen and oxygen atoms in total. The lowest BCUT2D eigenvalue weighted by atomic mass is 9.83. The van der Waals surface area contributed by atoms with Gasteiger partial charge in [-0.3, -0.25) is 4.90 Å². The van der Waals surface area contributed by atoms with Crippen LogP contribution in [0.2, 0.25) is 0 Å². The van der Waals surface area contributed by atoms with E-state index in [-0.39, 0.29) is 6.10 Å². The first kappa shape index (κ1) is 22.3. The van der Waals surface area contributed by atoms with Crippen molar-refractivity contribution in [2.75, 3.05) is 33.9 Å². The molecule has 1 N–H and O–H groups in total.